The highest BCUT2D eigenvalue weighted by Crippen LogP contribution is 2.30. The highest BCUT2D eigenvalue weighted by atomic mass is 16.6. The average molecular weight is 263 g/mol. The molecule has 1 aliphatic carbocycles. The van der Waals surface area contributed by atoms with Crippen LogP contribution >= 0.6 is 0 Å². The molecule has 0 heterocycles. The van der Waals surface area contributed by atoms with Crippen LogP contribution in [0.5, 0.6) is 0 Å². The summed E-state index contributed by atoms with van der Waals surface area (Å²) >= 11 is 0. The van der Waals surface area contributed by atoms with Gasteiger partial charge in [-0.3, -0.25) is 10.1 Å². The van der Waals surface area contributed by atoms with Crippen molar-refractivity contribution < 1.29 is 4.92 Å². The largest absolute Gasteiger partial charge is 0.381 e. The number of hydrogen-bond acceptors (Lipinski definition) is 4. The van der Waals surface area contributed by atoms with Crippen LogP contribution < -0.4 is 11.1 Å². The van der Waals surface area contributed by atoms with Gasteiger partial charge in [0, 0.05) is 29.9 Å². The van der Waals surface area contributed by atoms with Crippen LogP contribution in [-0.4, -0.2) is 17.5 Å². The average Bonchev–Trinajstić information content (AvgIpc) is 2.91. The number of rotatable bonds is 5. The van der Waals surface area contributed by atoms with E-state index in [1.165, 1.54) is 25.7 Å². The van der Waals surface area contributed by atoms with Gasteiger partial charge in [-0.2, -0.15) is 0 Å². The molecule has 5 nitrogen and oxygen atoms in total. The minimum atomic E-state index is -0.340. The maximum atomic E-state index is 10.9. The molecule has 104 valence electrons. The topological polar surface area (TPSA) is 81.2 Å². The molecule has 1 unspecified atom stereocenters. The molecular weight excluding hydrogens is 242 g/mol. The summed E-state index contributed by atoms with van der Waals surface area (Å²) in [4.78, 5) is 10.6. The Balaban J connectivity index is 2.12. The van der Waals surface area contributed by atoms with E-state index in [1.54, 1.807) is 19.1 Å². The first-order chi connectivity index (χ1) is 9.11. The number of nitro groups is 1. The van der Waals surface area contributed by atoms with Crippen LogP contribution in [0.3, 0.4) is 0 Å². The van der Waals surface area contributed by atoms with Crippen molar-refractivity contribution in [2.24, 2.45) is 11.7 Å². The van der Waals surface area contributed by atoms with Gasteiger partial charge in [-0.25, -0.2) is 0 Å². The third-order valence-corrected chi connectivity index (χ3v) is 3.98. The lowest BCUT2D eigenvalue weighted by Gasteiger charge is -2.24. The van der Waals surface area contributed by atoms with Gasteiger partial charge in [0.1, 0.15) is 0 Å². The molecule has 0 bridgehead atoms. The van der Waals surface area contributed by atoms with Crippen LogP contribution in [0.2, 0.25) is 0 Å². The second-order valence-electron chi connectivity index (χ2n) is 5.29. The zero-order valence-electron chi connectivity index (χ0n) is 11.3. The Hall–Kier alpha value is -1.62. The number of hydrogen-bond donors (Lipinski definition) is 2. The third kappa shape index (κ3) is 3.23. The summed E-state index contributed by atoms with van der Waals surface area (Å²) in [6, 6.07) is 5.49. The molecule has 0 amide bonds. The van der Waals surface area contributed by atoms with Gasteiger partial charge in [-0.05, 0) is 31.7 Å². The Morgan fingerprint density at radius 3 is 2.74 bits per heavy atom. The van der Waals surface area contributed by atoms with E-state index in [0.717, 1.165) is 5.69 Å². The number of anilines is 1. The van der Waals surface area contributed by atoms with E-state index in [4.69, 9.17) is 5.73 Å². The maximum absolute atomic E-state index is 10.9. The van der Waals surface area contributed by atoms with Crippen molar-refractivity contribution in [3.05, 3.63) is 33.9 Å². The molecule has 1 aliphatic rings. The van der Waals surface area contributed by atoms with Crippen LogP contribution in [0, 0.1) is 23.0 Å². The zero-order chi connectivity index (χ0) is 13.8. The smallest absolute Gasteiger partial charge is 0.274 e. The summed E-state index contributed by atoms with van der Waals surface area (Å²) in [6.07, 6.45) is 4.92. The van der Waals surface area contributed by atoms with E-state index in [-0.39, 0.29) is 16.7 Å². The van der Waals surface area contributed by atoms with E-state index >= 15 is 0 Å². The molecule has 2 rings (SSSR count). The van der Waals surface area contributed by atoms with E-state index in [9.17, 15) is 10.1 Å². The molecule has 1 fully saturated rings. The molecule has 0 aromatic heterocycles. The zero-order valence-corrected chi connectivity index (χ0v) is 11.3. The Labute approximate surface area is 113 Å². The normalized spacial score (nSPS) is 17.4. The van der Waals surface area contributed by atoms with Gasteiger partial charge in [0.15, 0.2) is 0 Å². The van der Waals surface area contributed by atoms with Gasteiger partial charge in [-0.15, -0.1) is 0 Å². The summed E-state index contributed by atoms with van der Waals surface area (Å²) in [5.74, 6) is 0.588. The van der Waals surface area contributed by atoms with E-state index in [2.05, 4.69) is 5.32 Å². The van der Waals surface area contributed by atoms with Gasteiger partial charge >= 0.3 is 0 Å². The highest BCUT2D eigenvalue weighted by molar-refractivity contribution is 5.55. The van der Waals surface area contributed by atoms with Crippen molar-refractivity contribution in [1.29, 1.82) is 0 Å². The Kier molecular flexibility index (Phi) is 4.37. The SMILES string of the molecule is Cc1ccc(NC(CN)C2CCCC2)cc1[N+](=O)[O-]. The van der Waals surface area contributed by atoms with Gasteiger partial charge in [-0.1, -0.05) is 18.9 Å². The van der Waals surface area contributed by atoms with Crippen molar-refractivity contribution >= 4 is 11.4 Å². The lowest BCUT2D eigenvalue weighted by Crippen LogP contribution is -2.35. The number of nitro benzene ring substituents is 1. The van der Waals surface area contributed by atoms with Crippen LogP contribution in [0.15, 0.2) is 18.2 Å². The molecule has 1 atom stereocenters. The van der Waals surface area contributed by atoms with Crippen LogP contribution in [0.25, 0.3) is 0 Å². The van der Waals surface area contributed by atoms with Crippen molar-refractivity contribution in [3.63, 3.8) is 0 Å². The Morgan fingerprint density at radius 2 is 2.16 bits per heavy atom. The molecule has 1 aromatic rings. The fourth-order valence-corrected chi connectivity index (χ4v) is 2.84. The second-order valence-corrected chi connectivity index (χ2v) is 5.29. The molecule has 1 aromatic carbocycles. The van der Waals surface area contributed by atoms with Crippen molar-refractivity contribution in [3.8, 4) is 0 Å². The number of benzene rings is 1. The molecule has 5 heteroatoms. The molecule has 19 heavy (non-hydrogen) atoms. The molecule has 3 N–H and O–H groups in total. The minimum Gasteiger partial charge on any atom is -0.381 e. The summed E-state index contributed by atoms with van der Waals surface area (Å²) in [6.45, 7) is 2.31. The van der Waals surface area contributed by atoms with Crippen LogP contribution in [0.4, 0.5) is 11.4 Å². The van der Waals surface area contributed by atoms with E-state index < -0.39 is 0 Å². The first kappa shape index (κ1) is 13.8. The van der Waals surface area contributed by atoms with Gasteiger partial charge in [0.2, 0.25) is 0 Å². The quantitative estimate of drug-likeness (QED) is 0.632. The number of nitrogens with two attached hydrogens (primary N) is 1. The van der Waals surface area contributed by atoms with Crippen molar-refractivity contribution in [1.82, 2.24) is 0 Å². The second kappa shape index (κ2) is 6.02. The van der Waals surface area contributed by atoms with Crippen LogP contribution in [-0.2, 0) is 0 Å². The lowest BCUT2D eigenvalue weighted by molar-refractivity contribution is -0.385. The van der Waals surface area contributed by atoms with Gasteiger partial charge in [0.05, 0.1) is 4.92 Å². The molecule has 0 spiro atoms. The number of aryl methyl sites for hydroxylation is 1. The molecule has 0 radical (unpaired) electrons. The fraction of sp³-hybridized carbons (Fsp3) is 0.571. The van der Waals surface area contributed by atoms with E-state index in [0.29, 0.717) is 18.0 Å². The molecule has 0 aliphatic heterocycles. The molecular formula is C14H21N3O2. The monoisotopic (exact) mass is 263 g/mol. The maximum Gasteiger partial charge on any atom is 0.274 e. The minimum absolute atomic E-state index is 0.159. The Morgan fingerprint density at radius 1 is 1.47 bits per heavy atom. The first-order valence-corrected chi connectivity index (χ1v) is 6.83. The van der Waals surface area contributed by atoms with Crippen molar-refractivity contribution in [2.75, 3.05) is 11.9 Å². The number of nitrogens with zero attached hydrogens (tertiary/aromatic N) is 1. The predicted octanol–water partition coefficient (Wildman–Crippen LogP) is 2.83. The highest BCUT2D eigenvalue weighted by Gasteiger charge is 2.24. The number of nitrogens with one attached hydrogen (secondary N) is 1. The lowest BCUT2D eigenvalue weighted by atomic mass is 9.98. The van der Waals surface area contributed by atoms with Crippen LogP contribution in [0.1, 0.15) is 31.2 Å². The summed E-state index contributed by atoms with van der Waals surface area (Å²) in [5.41, 5.74) is 7.46. The summed E-state index contributed by atoms with van der Waals surface area (Å²) in [5, 5.41) is 14.3. The van der Waals surface area contributed by atoms with Crippen molar-refractivity contribution in [2.45, 2.75) is 38.6 Å². The predicted molar refractivity (Wildman–Crippen MR) is 76.3 cm³/mol. The standard InChI is InChI=1S/C14H21N3O2/c1-10-6-7-12(8-14(10)17(18)19)16-13(9-15)11-4-2-3-5-11/h6-8,11,13,16H,2-5,9,15H2,1H3. The molecule has 0 saturated heterocycles. The first-order valence-electron chi connectivity index (χ1n) is 6.83. The molecule has 1 saturated carbocycles. The third-order valence-electron chi connectivity index (χ3n) is 3.98. The summed E-state index contributed by atoms with van der Waals surface area (Å²) < 4.78 is 0. The van der Waals surface area contributed by atoms with Gasteiger partial charge < -0.3 is 11.1 Å². The van der Waals surface area contributed by atoms with E-state index in [1.807, 2.05) is 6.07 Å². The Bertz CT molecular complexity index is 456. The summed E-state index contributed by atoms with van der Waals surface area (Å²) in [7, 11) is 0. The van der Waals surface area contributed by atoms with Gasteiger partial charge in [0.25, 0.3) is 5.69 Å². The fourth-order valence-electron chi connectivity index (χ4n) is 2.84.